The van der Waals surface area contributed by atoms with E-state index in [4.69, 9.17) is 0 Å². The van der Waals surface area contributed by atoms with Crippen molar-refractivity contribution in [2.24, 2.45) is 22.7 Å². The summed E-state index contributed by atoms with van der Waals surface area (Å²) in [6.07, 6.45) is 6.65. The molecule has 2 fully saturated rings. The quantitative estimate of drug-likeness (QED) is 0.667. The highest BCUT2D eigenvalue weighted by molar-refractivity contribution is 5.75. The second kappa shape index (κ2) is 6.14. The number of aliphatic hydroxyl groups is 2. The van der Waals surface area contributed by atoms with E-state index in [0.717, 1.165) is 19.3 Å². The molecule has 138 valence electrons. The predicted molar refractivity (Wildman–Crippen MR) is 94.6 cm³/mol. The van der Waals surface area contributed by atoms with E-state index in [-0.39, 0.29) is 17.3 Å². The van der Waals surface area contributed by atoms with Gasteiger partial charge in [-0.15, -0.1) is 6.58 Å². The summed E-state index contributed by atoms with van der Waals surface area (Å²) in [5.41, 5.74) is -2.71. The van der Waals surface area contributed by atoms with Gasteiger partial charge in [-0.2, -0.15) is 0 Å². The lowest BCUT2D eigenvalue weighted by molar-refractivity contribution is -0.192. The van der Waals surface area contributed by atoms with Crippen molar-refractivity contribution in [2.45, 2.75) is 83.8 Å². The van der Waals surface area contributed by atoms with Crippen molar-refractivity contribution >= 4 is 5.97 Å². The molecule has 24 heavy (non-hydrogen) atoms. The van der Waals surface area contributed by atoms with Crippen LogP contribution in [-0.4, -0.2) is 32.5 Å². The normalized spacial score (nSPS) is 45.1. The molecule has 0 aromatic rings. The van der Waals surface area contributed by atoms with Crippen molar-refractivity contribution in [2.75, 3.05) is 0 Å². The molecule has 0 bridgehead atoms. The fourth-order valence-electron chi connectivity index (χ4n) is 5.73. The smallest absolute Gasteiger partial charge is 0.309 e. The maximum Gasteiger partial charge on any atom is 0.309 e. The zero-order valence-corrected chi connectivity index (χ0v) is 15.6. The van der Waals surface area contributed by atoms with Crippen LogP contribution in [0, 0.1) is 22.7 Å². The van der Waals surface area contributed by atoms with Crippen molar-refractivity contribution in [3.63, 3.8) is 0 Å². The van der Waals surface area contributed by atoms with Gasteiger partial charge in [-0.05, 0) is 76.5 Å². The number of aliphatic carboxylic acids is 1. The highest BCUT2D eigenvalue weighted by Gasteiger charge is 2.61. The Kier molecular flexibility index (Phi) is 4.97. The van der Waals surface area contributed by atoms with Gasteiger partial charge in [-0.3, -0.25) is 4.79 Å². The molecule has 3 N–H and O–H groups in total. The largest absolute Gasteiger partial charge is 0.481 e. The maximum absolute atomic E-state index is 12.0. The standard InChI is InChI=1S/C20H34O4/c1-6-17(2,23)12-8-15-18(3)10-7-11-19(4,16(21)22)14(18)9-13-20(15,5)24/h6,14-15,23-24H,1,7-13H2,2-5H3,(H,21,22)/t14-,15-,17-,18+,19+,20-/m1/s1. The number of fused-ring (bicyclic) bond motifs is 1. The molecule has 2 rings (SSSR count). The van der Waals surface area contributed by atoms with Crippen LogP contribution in [0.15, 0.2) is 12.7 Å². The van der Waals surface area contributed by atoms with Crippen LogP contribution in [0.5, 0.6) is 0 Å². The Labute approximate surface area is 146 Å². The Morgan fingerprint density at radius 1 is 1.29 bits per heavy atom. The minimum atomic E-state index is -0.954. The summed E-state index contributed by atoms with van der Waals surface area (Å²) >= 11 is 0. The van der Waals surface area contributed by atoms with E-state index < -0.39 is 22.6 Å². The van der Waals surface area contributed by atoms with Crippen LogP contribution in [0.2, 0.25) is 0 Å². The third-order valence-corrected chi connectivity index (χ3v) is 7.33. The van der Waals surface area contributed by atoms with E-state index in [1.165, 1.54) is 0 Å². The molecular formula is C20H34O4. The number of hydrogen-bond donors (Lipinski definition) is 3. The molecule has 2 saturated carbocycles. The van der Waals surface area contributed by atoms with Gasteiger partial charge in [-0.1, -0.05) is 19.4 Å². The molecule has 4 heteroatoms. The predicted octanol–water partition coefficient (Wildman–Crippen LogP) is 3.76. The zero-order valence-electron chi connectivity index (χ0n) is 15.6. The summed E-state index contributed by atoms with van der Waals surface area (Å²) in [6.45, 7) is 11.4. The number of carbonyl (C=O) groups is 1. The topological polar surface area (TPSA) is 77.8 Å². The molecule has 2 aliphatic carbocycles. The van der Waals surface area contributed by atoms with Gasteiger partial charge < -0.3 is 15.3 Å². The Balaban J connectivity index is 2.36. The lowest BCUT2D eigenvalue weighted by Gasteiger charge is -2.61. The van der Waals surface area contributed by atoms with Crippen LogP contribution >= 0.6 is 0 Å². The number of carboxylic acids is 1. The van der Waals surface area contributed by atoms with Gasteiger partial charge in [0.25, 0.3) is 0 Å². The van der Waals surface area contributed by atoms with Crippen LogP contribution in [0.4, 0.5) is 0 Å². The Morgan fingerprint density at radius 2 is 1.92 bits per heavy atom. The van der Waals surface area contributed by atoms with Crippen molar-refractivity contribution in [1.29, 1.82) is 0 Å². The van der Waals surface area contributed by atoms with E-state index >= 15 is 0 Å². The van der Waals surface area contributed by atoms with E-state index in [1.807, 2.05) is 13.8 Å². The van der Waals surface area contributed by atoms with Crippen molar-refractivity contribution in [3.05, 3.63) is 12.7 Å². The van der Waals surface area contributed by atoms with Crippen LogP contribution in [0.25, 0.3) is 0 Å². The van der Waals surface area contributed by atoms with Crippen LogP contribution < -0.4 is 0 Å². The SMILES string of the molecule is C=C[C@@](C)(O)CC[C@@H]1[C@@]2(C)CCC[C@](C)(C(=O)O)[C@@H]2CC[C@@]1(C)O. The molecule has 0 aliphatic heterocycles. The molecule has 4 nitrogen and oxygen atoms in total. The second-order valence-corrected chi connectivity index (χ2v) is 9.18. The van der Waals surface area contributed by atoms with Crippen molar-refractivity contribution in [1.82, 2.24) is 0 Å². The van der Waals surface area contributed by atoms with Gasteiger partial charge in [0.2, 0.25) is 0 Å². The molecule has 0 amide bonds. The Hall–Kier alpha value is -0.870. The van der Waals surface area contributed by atoms with Gasteiger partial charge >= 0.3 is 5.97 Å². The van der Waals surface area contributed by atoms with E-state index in [0.29, 0.717) is 25.7 Å². The first-order valence-corrected chi connectivity index (χ1v) is 9.21. The third kappa shape index (κ3) is 3.15. The molecule has 0 aromatic carbocycles. The molecule has 0 unspecified atom stereocenters. The zero-order chi connectivity index (χ0) is 18.4. The lowest BCUT2D eigenvalue weighted by Crippen LogP contribution is -2.59. The van der Waals surface area contributed by atoms with Gasteiger partial charge in [0.05, 0.1) is 16.6 Å². The first-order chi connectivity index (χ1) is 10.9. The first kappa shape index (κ1) is 19.5. The Bertz CT molecular complexity index is 510. The fraction of sp³-hybridized carbons (Fsp3) is 0.850. The second-order valence-electron chi connectivity index (χ2n) is 9.18. The highest BCUT2D eigenvalue weighted by atomic mass is 16.4. The van der Waals surface area contributed by atoms with Gasteiger partial charge in [0, 0.05) is 0 Å². The number of rotatable bonds is 5. The minimum Gasteiger partial charge on any atom is -0.481 e. The fourth-order valence-corrected chi connectivity index (χ4v) is 5.73. The molecular weight excluding hydrogens is 304 g/mol. The van der Waals surface area contributed by atoms with Crippen LogP contribution in [0.1, 0.15) is 72.6 Å². The minimum absolute atomic E-state index is 0.0193. The molecule has 0 radical (unpaired) electrons. The van der Waals surface area contributed by atoms with Gasteiger partial charge in [0.15, 0.2) is 0 Å². The molecule has 0 saturated heterocycles. The van der Waals surface area contributed by atoms with E-state index in [9.17, 15) is 20.1 Å². The summed E-state index contributed by atoms with van der Waals surface area (Å²) < 4.78 is 0. The molecule has 2 aliphatic rings. The van der Waals surface area contributed by atoms with Crippen LogP contribution in [-0.2, 0) is 4.79 Å². The Morgan fingerprint density at radius 3 is 2.46 bits per heavy atom. The summed E-state index contributed by atoms with van der Waals surface area (Å²) in [5.74, 6) is -0.666. The van der Waals surface area contributed by atoms with Crippen LogP contribution in [0.3, 0.4) is 0 Å². The monoisotopic (exact) mass is 338 g/mol. The van der Waals surface area contributed by atoms with E-state index in [1.54, 1.807) is 13.0 Å². The molecule has 0 spiro atoms. The lowest BCUT2D eigenvalue weighted by atomic mass is 9.44. The van der Waals surface area contributed by atoms with E-state index in [2.05, 4.69) is 13.5 Å². The first-order valence-electron chi connectivity index (χ1n) is 9.21. The summed E-state index contributed by atoms with van der Waals surface area (Å²) in [6, 6.07) is 0. The molecule has 0 aromatic heterocycles. The maximum atomic E-state index is 12.0. The summed E-state index contributed by atoms with van der Waals surface area (Å²) in [4.78, 5) is 12.0. The van der Waals surface area contributed by atoms with Gasteiger partial charge in [0.1, 0.15) is 0 Å². The summed E-state index contributed by atoms with van der Waals surface area (Å²) in [5, 5.41) is 31.2. The molecule has 6 atom stereocenters. The third-order valence-electron chi connectivity index (χ3n) is 7.33. The average Bonchev–Trinajstić information content (AvgIpc) is 2.45. The number of carboxylic acid groups (broad SMARTS) is 1. The van der Waals surface area contributed by atoms with Crippen molar-refractivity contribution in [3.8, 4) is 0 Å². The summed E-state index contributed by atoms with van der Waals surface area (Å²) in [7, 11) is 0. The number of hydrogen-bond acceptors (Lipinski definition) is 3. The van der Waals surface area contributed by atoms with Crippen molar-refractivity contribution < 1.29 is 20.1 Å². The average molecular weight is 338 g/mol. The molecule has 0 heterocycles. The van der Waals surface area contributed by atoms with Gasteiger partial charge in [-0.25, -0.2) is 0 Å². The highest BCUT2D eigenvalue weighted by Crippen LogP contribution is 2.63.